The zero-order chi connectivity index (χ0) is 26.4. The number of rotatable bonds is 9. The van der Waals surface area contributed by atoms with Crippen LogP contribution in [-0.2, 0) is 18.1 Å². The predicted octanol–water partition coefficient (Wildman–Crippen LogP) is 6.61. The molecule has 1 N–H and O–H groups in total. The molecule has 6 nitrogen and oxygen atoms in total. The number of carbonyl (C=O) groups is 1. The molecule has 0 aromatic carbocycles. The monoisotopic (exact) mass is 490 g/mol. The molecule has 0 spiro atoms. The van der Waals surface area contributed by atoms with Crippen molar-refractivity contribution in [2.24, 2.45) is 0 Å². The highest BCUT2D eigenvalue weighted by Crippen LogP contribution is 2.39. The van der Waals surface area contributed by atoms with Crippen LogP contribution in [0.3, 0.4) is 0 Å². The van der Waals surface area contributed by atoms with Crippen molar-refractivity contribution < 1.29 is 22.7 Å². The molecule has 0 saturated heterocycles. The fourth-order valence-electron chi connectivity index (χ4n) is 3.25. The molecule has 0 aliphatic heterocycles. The molecule has 0 unspecified atom stereocenters. The van der Waals surface area contributed by atoms with Gasteiger partial charge in [0.1, 0.15) is 5.56 Å². The van der Waals surface area contributed by atoms with Crippen LogP contribution >= 0.6 is 0 Å². The lowest BCUT2D eigenvalue weighted by Crippen LogP contribution is -2.28. The molecule has 2 aromatic heterocycles. The minimum absolute atomic E-state index is 0.0498. The topological polar surface area (TPSA) is 69.0 Å². The number of nitrogens with zero attached hydrogens (tertiary/aromatic N) is 3. The quantitative estimate of drug-likeness (QED) is 0.402. The fraction of sp³-hybridized carbons (Fsp3) is 0.423. The van der Waals surface area contributed by atoms with Crippen LogP contribution in [0.4, 0.5) is 13.2 Å². The van der Waals surface area contributed by atoms with Gasteiger partial charge in [0.05, 0.1) is 5.54 Å². The van der Waals surface area contributed by atoms with Crippen LogP contribution < -0.4 is 10.1 Å². The van der Waals surface area contributed by atoms with E-state index in [0.29, 0.717) is 17.6 Å². The Hall–Kier alpha value is -3.36. The van der Waals surface area contributed by atoms with E-state index in [0.717, 1.165) is 18.1 Å². The van der Waals surface area contributed by atoms with E-state index in [1.165, 1.54) is 16.9 Å². The average Bonchev–Trinajstić information content (AvgIpc) is 3.16. The molecule has 0 bridgehead atoms. The van der Waals surface area contributed by atoms with Gasteiger partial charge in [-0.1, -0.05) is 44.2 Å². The van der Waals surface area contributed by atoms with E-state index in [1.807, 2.05) is 52.8 Å². The highest BCUT2D eigenvalue weighted by atomic mass is 19.4. The Morgan fingerprint density at radius 2 is 1.91 bits per heavy atom. The largest absolute Gasteiger partial charge is 0.421 e. The minimum Gasteiger partial charge on any atom is -0.420 e. The van der Waals surface area contributed by atoms with Crippen LogP contribution in [0.25, 0.3) is 0 Å². The Labute approximate surface area is 204 Å². The number of hydrogen-bond acceptors (Lipinski definition) is 4. The van der Waals surface area contributed by atoms with Gasteiger partial charge >= 0.3 is 6.18 Å². The summed E-state index contributed by atoms with van der Waals surface area (Å²) in [6.45, 7) is 15.4. The summed E-state index contributed by atoms with van der Waals surface area (Å²) in [6, 6.07) is 2.09. The normalized spacial score (nSPS) is 12.8. The first-order chi connectivity index (χ1) is 16.3. The van der Waals surface area contributed by atoms with Gasteiger partial charge in [-0.15, -0.1) is 0 Å². The van der Waals surface area contributed by atoms with Crippen molar-refractivity contribution in [3.05, 3.63) is 71.1 Å². The van der Waals surface area contributed by atoms with Crippen LogP contribution in [0.15, 0.2) is 54.3 Å². The van der Waals surface area contributed by atoms with Crippen molar-refractivity contribution >= 4 is 5.91 Å². The molecular formula is C26H33F3N4O2. The van der Waals surface area contributed by atoms with Gasteiger partial charge in [-0.2, -0.15) is 18.3 Å². The Kier molecular flexibility index (Phi) is 9.06. The summed E-state index contributed by atoms with van der Waals surface area (Å²) in [5.41, 5.74) is 0.620. The molecule has 0 saturated carbocycles. The Morgan fingerprint density at radius 1 is 1.23 bits per heavy atom. The lowest BCUT2D eigenvalue weighted by atomic mass is 10.1. The van der Waals surface area contributed by atoms with Crippen LogP contribution in [0.1, 0.15) is 69.6 Å². The molecule has 2 aromatic rings. The summed E-state index contributed by atoms with van der Waals surface area (Å²) in [4.78, 5) is 16.8. The third-order valence-corrected chi connectivity index (χ3v) is 5.20. The first-order valence-electron chi connectivity index (χ1n) is 11.4. The van der Waals surface area contributed by atoms with Gasteiger partial charge in [0.15, 0.2) is 5.69 Å². The third kappa shape index (κ3) is 7.07. The number of alkyl halides is 3. The number of aromatic nitrogens is 3. The summed E-state index contributed by atoms with van der Waals surface area (Å²) < 4.78 is 47.7. The summed E-state index contributed by atoms with van der Waals surface area (Å²) >= 11 is 0. The molecule has 0 aliphatic rings. The number of carbonyl (C=O) groups excluding carboxylic acids is 1. The Morgan fingerprint density at radius 3 is 2.46 bits per heavy atom. The number of hydrogen-bond donors (Lipinski definition) is 1. The van der Waals surface area contributed by atoms with Crippen molar-refractivity contribution in [2.45, 2.75) is 66.1 Å². The highest BCUT2D eigenvalue weighted by molar-refractivity contribution is 5.94. The maximum atomic E-state index is 13.5. The molecule has 1 amide bonds. The molecule has 0 fully saturated rings. The van der Waals surface area contributed by atoms with Crippen molar-refractivity contribution in [1.82, 2.24) is 20.1 Å². The van der Waals surface area contributed by atoms with E-state index >= 15 is 0 Å². The smallest absolute Gasteiger partial charge is 0.420 e. The number of halogens is 3. The van der Waals surface area contributed by atoms with E-state index < -0.39 is 29.1 Å². The lowest BCUT2D eigenvalue weighted by molar-refractivity contribution is -0.138. The second-order valence-electron chi connectivity index (χ2n) is 8.92. The maximum absolute atomic E-state index is 13.5. The van der Waals surface area contributed by atoms with Gasteiger partial charge < -0.3 is 10.1 Å². The van der Waals surface area contributed by atoms with E-state index in [9.17, 15) is 18.0 Å². The average molecular weight is 491 g/mol. The fourth-order valence-corrected chi connectivity index (χ4v) is 3.25. The summed E-state index contributed by atoms with van der Waals surface area (Å²) in [5.74, 6) is -1.02. The first-order valence-corrected chi connectivity index (χ1v) is 11.4. The van der Waals surface area contributed by atoms with Crippen LogP contribution in [0, 0.1) is 0 Å². The molecule has 2 rings (SSSR count). The third-order valence-electron chi connectivity index (χ3n) is 5.20. The molecule has 0 radical (unpaired) electrons. The van der Waals surface area contributed by atoms with Crippen LogP contribution in [0.5, 0.6) is 11.8 Å². The molecule has 0 aliphatic carbocycles. The highest BCUT2D eigenvalue weighted by Gasteiger charge is 2.37. The van der Waals surface area contributed by atoms with Gasteiger partial charge in [-0.25, -0.2) is 9.67 Å². The van der Waals surface area contributed by atoms with Crippen molar-refractivity contribution in [2.75, 3.05) is 6.54 Å². The SMILES string of the molecule is C=C(/C=C\C(=C/C)CC)CNC(=O)c1nn(C(C)(C)C)c(Oc2ncccc2C(F)(F)F)c1CC. The number of ether oxygens (including phenoxy) is 1. The molecule has 2 heterocycles. The molecule has 0 atom stereocenters. The van der Waals surface area contributed by atoms with Crippen molar-refractivity contribution in [3.63, 3.8) is 0 Å². The minimum atomic E-state index is -4.65. The maximum Gasteiger partial charge on any atom is 0.421 e. The second-order valence-corrected chi connectivity index (χ2v) is 8.92. The van der Waals surface area contributed by atoms with Crippen LogP contribution in [-0.4, -0.2) is 27.2 Å². The number of allylic oxidation sites excluding steroid dienone is 3. The lowest BCUT2D eigenvalue weighted by Gasteiger charge is -2.22. The summed E-state index contributed by atoms with van der Waals surface area (Å²) in [7, 11) is 0. The number of nitrogens with one attached hydrogen (secondary N) is 1. The Balaban J connectivity index is 2.40. The zero-order valence-electron chi connectivity index (χ0n) is 21.1. The van der Waals surface area contributed by atoms with Crippen LogP contribution in [0.2, 0.25) is 0 Å². The standard InChI is InChI=1S/C26H33F3N4O2/c1-8-18(9-2)14-13-17(4)16-31-22(34)21-19(10-3)24(33(32-21)25(5,6)7)35-23-20(26(27,28)29)12-11-15-30-23/h8,11-15H,4,9-10,16H2,1-3,5-7H3,(H,31,34)/b14-13-,18-8-. The first kappa shape index (κ1) is 27.9. The van der Waals surface area contributed by atoms with E-state index in [4.69, 9.17) is 4.74 Å². The number of amides is 1. The number of pyridine rings is 1. The molecular weight excluding hydrogens is 457 g/mol. The van der Waals surface area contributed by atoms with Gasteiger partial charge in [-0.3, -0.25) is 4.79 Å². The second kappa shape index (κ2) is 11.4. The van der Waals surface area contributed by atoms with Gasteiger partial charge in [0.25, 0.3) is 5.91 Å². The summed E-state index contributed by atoms with van der Waals surface area (Å²) in [5, 5.41) is 7.22. The van der Waals surface area contributed by atoms with Gasteiger partial charge in [-0.05, 0) is 58.2 Å². The Bertz CT molecular complexity index is 1120. The van der Waals surface area contributed by atoms with Gasteiger partial charge in [0, 0.05) is 18.3 Å². The zero-order valence-corrected chi connectivity index (χ0v) is 21.1. The molecule has 35 heavy (non-hydrogen) atoms. The van der Waals surface area contributed by atoms with Gasteiger partial charge in [0.2, 0.25) is 11.8 Å². The van der Waals surface area contributed by atoms with E-state index in [-0.39, 0.29) is 18.1 Å². The summed E-state index contributed by atoms with van der Waals surface area (Å²) in [6.07, 6.45) is 3.54. The molecule has 190 valence electrons. The van der Waals surface area contributed by atoms with Crippen molar-refractivity contribution in [1.29, 1.82) is 0 Å². The van der Waals surface area contributed by atoms with E-state index in [2.05, 4.69) is 22.0 Å². The molecule has 9 heteroatoms. The van der Waals surface area contributed by atoms with E-state index in [1.54, 1.807) is 6.92 Å². The predicted molar refractivity (Wildman–Crippen MR) is 131 cm³/mol. The van der Waals surface area contributed by atoms with Crippen molar-refractivity contribution in [3.8, 4) is 11.8 Å².